The number of fused-ring (bicyclic) bond motifs is 2. The number of imidazole rings is 1. The Bertz CT molecular complexity index is 805. The van der Waals surface area contributed by atoms with Crippen LogP contribution in [-0.4, -0.2) is 46.7 Å². The highest BCUT2D eigenvalue weighted by molar-refractivity contribution is 8.01. The summed E-state index contributed by atoms with van der Waals surface area (Å²) >= 11 is 1.61. The Morgan fingerprint density at radius 3 is 3.00 bits per heavy atom. The summed E-state index contributed by atoms with van der Waals surface area (Å²) in [7, 11) is 0. The first-order valence-electron chi connectivity index (χ1n) is 6.54. The number of aliphatic carboxylic acids is 1. The van der Waals surface area contributed by atoms with E-state index in [0.29, 0.717) is 12.1 Å². The third kappa shape index (κ3) is 1.59. The average molecular weight is 304 g/mol. The molecule has 1 N–H and O–H groups in total. The van der Waals surface area contributed by atoms with Crippen molar-refractivity contribution in [3.8, 4) is 0 Å². The van der Waals surface area contributed by atoms with E-state index in [-0.39, 0.29) is 22.2 Å². The number of carbonyl (C=O) groups is 2. The molecule has 0 bridgehead atoms. The van der Waals surface area contributed by atoms with Crippen molar-refractivity contribution in [1.29, 1.82) is 0 Å². The van der Waals surface area contributed by atoms with Gasteiger partial charge in [0.2, 0.25) is 5.91 Å². The smallest absolute Gasteiger partial charge is 0.354 e. The van der Waals surface area contributed by atoms with Crippen molar-refractivity contribution in [2.24, 2.45) is 0 Å². The molecule has 0 spiro atoms. The van der Waals surface area contributed by atoms with E-state index >= 15 is 0 Å². The quantitative estimate of drug-likeness (QED) is 0.840. The molecule has 0 aliphatic carbocycles. The molecule has 2 unspecified atom stereocenters. The van der Waals surface area contributed by atoms with Crippen LogP contribution in [-0.2, 0) is 9.59 Å². The zero-order valence-electron chi connectivity index (χ0n) is 11.1. The standard InChI is InChI=1S/C13H12N4O3S/c1-7-11(16-4-2-8-14-3-5-15(8)16)12(13(19)20)17-9(18)6-10(17)21-7/h2-5,7,10H,6H2,1H3,(H,19,20). The van der Waals surface area contributed by atoms with E-state index in [1.807, 2.05) is 13.0 Å². The fourth-order valence-electron chi connectivity index (χ4n) is 2.90. The van der Waals surface area contributed by atoms with Crippen molar-refractivity contribution in [3.63, 3.8) is 0 Å². The fourth-order valence-corrected chi connectivity index (χ4v) is 4.31. The Morgan fingerprint density at radius 1 is 1.48 bits per heavy atom. The molecular formula is C13H12N4O3S. The van der Waals surface area contributed by atoms with Crippen LogP contribution in [0, 0.1) is 0 Å². The predicted octanol–water partition coefficient (Wildman–Crippen LogP) is 1.08. The maximum Gasteiger partial charge on any atom is 0.354 e. The molecule has 0 radical (unpaired) electrons. The molecule has 1 amide bonds. The van der Waals surface area contributed by atoms with Gasteiger partial charge in [-0.3, -0.25) is 14.4 Å². The van der Waals surface area contributed by atoms with Crippen molar-refractivity contribution in [2.75, 3.05) is 0 Å². The third-order valence-corrected chi connectivity index (χ3v) is 5.15. The summed E-state index contributed by atoms with van der Waals surface area (Å²) < 4.78 is 3.53. The number of carboxylic acids is 1. The summed E-state index contributed by atoms with van der Waals surface area (Å²) in [5.74, 6) is -1.21. The van der Waals surface area contributed by atoms with Gasteiger partial charge in [0.1, 0.15) is 0 Å². The highest BCUT2D eigenvalue weighted by Crippen LogP contribution is 2.45. The molecule has 2 aromatic heterocycles. The van der Waals surface area contributed by atoms with Gasteiger partial charge in [0.15, 0.2) is 11.3 Å². The Balaban J connectivity index is 1.97. The molecule has 8 heteroatoms. The molecule has 7 nitrogen and oxygen atoms in total. The van der Waals surface area contributed by atoms with Gasteiger partial charge < -0.3 is 5.11 Å². The lowest BCUT2D eigenvalue weighted by molar-refractivity contribution is -0.145. The fraction of sp³-hybridized carbons (Fsp3) is 0.308. The van der Waals surface area contributed by atoms with E-state index < -0.39 is 5.97 Å². The molecule has 1 saturated heterocycles. The molecule has 0 saturated carbocycles. The maximum atomic E-state index is 11.8. The molecule has 4 rings (SSSR count). The number of thioether (sulfide) groups is 1. The molecule has 4 heterocycles. The number of amides is 1. The summed E-state index contributed by atoms with van der Waals surface area (Å²) in [6.07, 6.45) is 5.61. The molecule has 1 fully saturated rings. The number of aromatic nitrogens is 3. The topological polar surface area (TPSA) is 79.8 Å². The van der Waals surface area contributed by atoms with E-state index in [1.165, 1.54) is 4.90 Å². The number of hydrogen-bond acceptors (Lipinski definition) is 4. The summed E-state index contributed by atoms with van der Waals surface area (Å²) in [4.78, 5) is 29.1. The van der Waals surface area contributed by atoms with E-state index in [2.05, 4.69) is 4.98 Å². The lowest BCUT2D eigenvalue weighted by Crippen LogP contribution is -2.55. The predicted molar refractivity (Wildman–Crippen MR) is 76.3 cm³/mol. The Labute approximate surface area is 123 Å². The van der Waals surface area contributed by atoms with Crippen LogP contribution in [0.25, 0.3) is 11.3 Å². The van der Waals surface area contributed by atoms with Crippen molar-refractivity contribution in [2.45, 2.75) is 24.0 Å². The molecule has 21 heavy (non-hydrogen) atoms. The van der Waals surface area contributed by atoms with Crippen LogP contribution in [0.1, 0.15) is 13.3 Å². The van der Waals surface area contributed by atoms with Crippen molar-refractivity contribution in [3.05, 3.63) is 30.4 Å². The van der Waals surface area contributed by atoms with Crippen LogP contribution in [0.3, 0.4) is 0 Å². The lowest BCUT2D eigenvalue weighted by Gasteiger charge is -2.46. The number of carbonyl (C=O) groups excluding carboxylic acids is 1. The highest BCUT2D eigenvalue weighted by Gasteiger charge is 2.48. The minimum Gasteiger partial charge on any atom is -0.477 e. The number of rotatable bonds is 2. The second kappa shape index (κ2) is 4.14. The van der Waals surface area contributed by atoms with Crippen molar-refractivity contribution >= 4 is 35.0 Å². The molecule has 0 aromatic carbocycles. The van der Waals surface area contributed by atoms with Gasteiger partial charge in [0.05, 0.1) is 17.5 Å². The van der Waals surface area contributed by atoms with Crippen LogP contribution in [0.2, 0.25) is 0 Å². The van der Waals surface area contributed by atoms with Gasteiger partial charge in [-0.15, -0.1) is 11.8 Å². The Kier molecular flexibility index (Phi) is 2.47. The summed E-state index contributed by atoms with van der Waals surface area (Å²) in [5.41, 5.74) is 1.42. The molecule has 2 aromatic rings. The summed E-state index contributed by atoms with van der Waals surface area (Å²) in [6.45, 7) is 1.96. The van der Waals surface area contributed by atoms with Gasteiger partial charge in [-0.1, -0.05) is 0 Å². The minimum absolute atomic E-state index is 0.0246. The Hall–Kier alpha value is -2.22. The Morgan fingerprint density at radius 2 is 2.29 bits per heavy atom. The lowest BCUT2D eigenvalue weighted by atomic mass is 10.1. The summed E-state index contributed by atoms with van der Waals surface area (Å²) in [6, 6.07) is 1.81. The maximum absolute atomic E-state index is 11.8. The molecular weight excluding hydrogens is 292 g/mol. The van der Waals surface area contributed by atoms with E-state index in [4.69, 9.17) is 0 Å². The number of hydrogen-bond donors (Lipinski definition) is 1. The largest absolute Gasteiger partial charge is 0.477 e. The number of nitrogens with zero attached hydrogens (tertiary/aromatic N) is 4. The van der Waals surface area contributed by atoms with Gasteiger partial charge in [0.25, 0.3) is 0 Å². The number of β-lactam (4-membered cyclic amide) rings is 1. The normalized spacial score (nSPS) is 25.2. The molecule has 2 aliphatic heterocycles. The SMILES string of the molecule is CC1SC2CC(=O)N2C(C(=O)O)=C1n1ccc2nccn21. The second-order valence-electron chi connectivity index (χ2n) is 5.03. The van der Waals surface area contributed by atoms with E-state index in [1.54, 1.807) is 39.5 Å². The van der Waals surface area contributed by atoms with Crippen molar-refractivity contribution in [1.82, 2.24) is 19.1 Å². The van der Waals surface area contributed by atoms with Gasteiger partial charge >= 0.3 is 5.97 Å². The van der Waals surface area contributed by atoms with Crippen molar-refractivity contribution < 1.29 is 14.7 Å². The second-order valence-corrected chi connectivity index (χ2v) is 6.55. The van der Waals surface area contributed by atoms with Crippen LogP contribution < -0.4 is 0 Å². The monoisotopic (exact) mass is 304 g/mol. The van der Waals surface area contributed by atoms with E-state index in [9.17, 15) is 14.7 Å². The summed E-state index contributed by atoms with van der Waals surface area (Å²) in [5, 5.41) is 9.50. The van der Waals surface area contributed by atoms with Crippen LogP contribution in [0.15, 0.2) is 30.4 Å². The first-order chi connectivity index (χ1) is 10.1. The highest BCUT2D eigenvalue weighted by atomic mass is 32.2. The molecule has 108 valence electrons. The third-order valence-electron chi connectivity index (χ3n) is 3.83. The van der Waals surface area contributed by atoms with Gasteiger partial charge in [-0.2, -0.15) is 0 Å². The van der Waals surface area contributed by atoms with Crippen LogP contribution in [0.4, 0.5) is 0 Å². The first-order valence-corrected chi connectivity index (χ1v) is 7.48. The van der Waals surface area contributed by atoms with E-state index in [0.717, 1.165) is 5.65 Å². The zero-order chi connectivity index (χ0) is 14.7. The molecule has 2 atom stereocenters. The van der Waals surface area contributed by atoms with Gasteiger partial charge in [-0.05, 0) is 6.92 Å². The van der Waals surface area contributed by atoms with Crippen LogP contribution >= 0.6 is 11.8 Å². The minimum atomic E-state index is -1.07. The van der Waals surface area contributed by atoms with Gasteiger partial charge in [0, 0.05) is 29.9 Å². The van der Waals surface area contributed by atoms with Gasteiger partial charge in [-0.25, -0.2) is 14.3 Å². The number of carboxylic acid groups (broad SMARTS) is 1. The molecule has 2 aliphatic rings. The van der Waals surface area contributed by atoms with Crippen LogP contribution in [0.5, 0.6) is 0 Å². The average Bonchev–Trinajstić information content (AvgIpc) is 3.00. The first kappa shape index (κ1) is 12.5. The zero-order valence-corrected chi connectivity index (χ0v) is 11.9.